The first-order valence-corrected chi connectivity index (χ1v) is 11.9. The largest absolute Gasteiger partial charge is 0.480 e. The van der Waals surface area contributed by atoms with Crippen LogP contribution in [0.1, 0.15) is 36.3 Å². The molecule has 1 aliphatic carbocycles. The number of carboxylic acids is 1. The van der Waals surface area contributed by atoms with Crippen molar-refractivity contribution in [2.75, 3.05) is 5.32 Å². The van der Waals surface area contributed by atoms with E-state index in [0.29, 0.717) is 22.7 Å². The molecule has 1 aromatic heterocycles. The number of ether oxygens (including phenoxy) is 1. The molecule has 3 aromatic carbocycles. The molecule has 1 amide bonds. The third-order valence-electron chi connectivity index (χ3n) is 6.85. The Morgan fingerprint density at radius 2 is 1.53 bits per heavy atom. The number of carbonyl (C=O) groups is 2. The maximum Gasteiger partial charge on any atom is 0.412 e. The lowest BCUT2D eigenvalue weighted by Crippen LogP contribution is -2.26. The molecule has 0 aliphatic heterocycles. The molecule has 194 valence electrons. The number of carboxylic acid groups (broad SMARTS) is 1. The summed E-state index contributed by atoms with van der Waals surface area (Å²) in [6.07, 6.45) is -1.80. The summed E-state index contributed by atoms with van der Waals surface area (Å²) in [6, 6.07) is 22.6. The Balaban J connectivity index is 1.31. The van der Waals surface area contributed by atoms with Crippen molar-refractivity contribution in [2.24, 2.45) is 0 Å². The Labute approximate surface area is 217 Å². The highest BCUT2D eigenvalue weighted by molar-refractivity contribution is 5.91. The van der Waals surface area contributed by atoms with Crippen molar-refractivity contribution >= 4 is 17.7 Å². The molecular formula is C29H24F2N2O5. The fraction of sp³-hybridized carbons (Fsp3) is 0.207. The van der Waals surface area contributed by atoms with Crippen LogP contribution in [0.2, 0.25) is 0 Å². The van der Waals surface area contributed by atoms with Gasteiger partial charge in [-0.1, -0.05) is 84.0 Å². The van der Waals surface area contributed by atoms with Crippen LogP contribution in [-0.2, 0) is 14.9 Å². The quantitative estimate of drug-likeness (QED) is 0.273. The lowest BCUT2D eigenvalue weighted by Gasteiger charge is -2.14. The molecule has 4 aromatic rings. The molecule has 9 heteroatoms. The number of aromatic nitrogens is 1. The normalized spacial score (nSPS) is 18.4. The molecule has 5 rings (SSSR count). The van der Waals surface area contributed by atoms with Gasteiger partial charge in [0.15, 0.2) is 11.2 Å². The standard InChI is InChI=1S/C29H24F2N2O5/c1-17-24(32-27(36)37-18(2)19-6-4-3-5-7-19)25(38-33-17)22-10-8-20(9-11-22)21-12-14-23(15-13-21)28(26(34)35)16-29(28,30)31/h3-15,18H,16H2,1-2H3,(H,32,36)(H,34,35)/t18-,28?/m1/s1. The van der Waals surface area contributed by atoms with Crippen LogP contribution in [0.5, 0.6) is 0 Å². The van der Waals surface area contributed by atoms with Gasteiger partial charge in [-0.05, 0) is 36.1 Å². The van der Waals surface area contributed by atoms with E-state index in [9.17, 15) is 23.5 Å². The summed E-state index contributed by atoms with van der Waals surface area (Å²) in [4.78, 5) is 24.1. The van der Waals surface area contributed by atoms with Gasteiger partial charge >= 0.3 is 12.1 Å². The van der Waals surface area contributed by atoms with Crippen LogP contribution in [0, 0.1) is 6.92 Å². The molecule has 0 radical (unpaired) electrons. The highest BCUT2D eigenvalue weighted by atomic mass is 19.3. The second-order valence-corrected chi connectivity index (χ2v) is 9.30. The molecule has 1 fully saturated rings. The van der Waals surface area contributed by atoms with E-state index in [2.05, 4.69) is 10.5 Å². The van der Waals surface area contributed by atoms with Crippen molar-refractivity contribution in [2.45, 2.75) is 37.7 Å². The van der Waals surface area contributed by atoms with Crippen LogP contribution < -0.4 is 5.32 Å². The van der Waals surface area contributed by atoms with E-state index in [1.54, 1.807) is 50.2 Å². The van der Waals surface area contributed by atoms with Crippen LogP contribution >= 0.6 is 0 Å². The zero-order valence-corrected chi connectivity index (χ0v) is 20.6. The lowest BCUT2D eigenvalue weighted by molar-refractivity contribution is -0.142. The molecular weight excluding hydrogens is 494 g/mol. The van der Waals surface area contributed by atoms with Gasteiger partial charge in [-0.25, -0.2) is 13.6 Å². The highest BCUT2D eigenvalue weighted by Gasteiger charge is 2.77. The monoisotopic (exact) mass is 518 g/mol. The number of alkyl halides is 2. The number of benzene rings is 3. The predicted octanol–water partition coefficient (Wildman–Crippen LogP) is 6.99. The van der Waals surface area contributed by atoms with E-state index in [4.69, 9.17) is 9.26 Å². The van der Waals surface area contributed by atoms with Gasteiger partial charge in [0.1, 0.15) is 17.5 Å². The number of nitrogens with zero attached hydrogens (tertiary/aromatic N) is 1. The Bertz CT molecular complexity index is 1480. The van der Waals surface area contributed by atoms with Gasteiger partial charge in [0.2, 0.25) is 0 Å². The number of aryl methyl sites for hydroxylation is 1. The molecule has 1 saturated carbocycles. The summed E-state index contributed by atoms with van der Waals surface area (Å²) in [5.41, 5.74) is 1.83. The lowest BCUT2D eigenvalue weighted by atomic mass is 9.93. The van der Waals surface area contributed by atoms with Crippen molar-refractivity contribution < 1.29 is 32.7 Å². The first kappa shape index (κ1) is 25.1. The summed E-state index contributed by atoms with van der Waals surface area (Å²) in [6.45, 7) is 3.48. The minimum Gasteiger partial charge on any atom is -0.480 e. The topological polar surface area (TPSA) is 102 Å². The van der Waals surface area contributed by atoms with E-state index < -0.39 is 35.9 Å². The smallest absolute Gasteiger partial charge is 0.412 e. The Morgan fingerprint density at radius 1 is 0.974 bits per heavy atom. The molecule has 1 unspecified atom stereocenters. The number of anilines is 1. The van der Waals surface area contributed by atoms with E-state index in [-0.39, 0.29) is 5.56 Å². The average molecular weight is 519 g/mol. The number of aliphatic carboxylic acids is 1. The van der Waals surface area contributed by atoms with E-state index in [1.165, 1.54) is 12.1 Å². The van der Waals surface area contributed by atoms with Gasteiger partial charge < -0.3 is 14.4 Å². The van der Waals surface area contributed by atoms with Crippen molar-refractivity contribution in [3.8, 4) is 22.5 Å². The van der Waals surface area contributed by atoms with Crippen LogP contribution in [0.25, 0.3) is 22.5 Å². The van der Waals surface area contributed by atoms with Gasteiger partial charge in [-0.2, -0.15) is 0 Å². The second-order valence-electron chi connectivity index (χ2n) is 9.30. The summed E-state index contributed by atoms with van der Waals surface area (Å²) in [5.74, 6) is -4.42. The Hall–Kier alpha value is -4.53. The molecule has 1 aliphatic rings. The van der Waals surface area contributed by atoms with Gasteiger partial charge in [0.25, 0.3) is 5.92 Å². The minimum absolute atomic E-state index is 0.0803. The maximum atomic E-state index is 13.8. The zero-order chi connectivity index (χ0) is 27.1. The SMILES string of the molecule is Cc1noc(-c2ccc(-c3ccc(C4(C(=O)O)CC4(F)F)cc3)cc2)c1NC(=O)O[C@H](C)c1ccccc1. The molecule has 0 spiro atoms. The van der Waals surface area contributed by atoms with Crippen LogP contribution in [-0.4, -0.2) is 28.2 Å². The Kier molecular flexibility index (Phi) is 6.22. The van der Waals surface area contributed by atoms with Gasteiger partial charge in [-0.15, -0.1) is 0 Å². The van der Waals surface area contributed by atoms with Crippen molar-refractivity contribution in [1.82, 2.24) is 5.16 Å². The number of nitrogens with one attached hydrogen (secondary N) is 1. The Morgan fingerprint density at radius 3 is 2.08 bits per heavy atom. The molecule has 0 bridgehead atoms. The minimum atomic E-state index is -3.26. The number of hydrogen-bond acceptors (Lipinski definition) is 5. The predicted molar refractivity (Wildman–Crippen MR) is 136 cm³/mol. The molecule has 2 atom stereocenters. The summed E-state index contributed by atoms with van der Waals surface area (Å²) >= 11 is 0. The molecule has 7 nitrogen and oxygen atoms in total. The van der Waals surface area contributed by atoms with E-state index in [0.717, 1.165) is 16.7 Å². The van der Waals surface area contributed by atoms with Gasteiger partial charge in [0, 0.05) is 12.0 Å². The third-order valence-corrected chi connectivity index (χ3v) is 6.85. The highest BCUT2D eigenvalue weighted by Crippen LogP contribution is 2.61. The second kappa shape index (κ2) is 9.41. The van der Waals surface area contributed by atoms with Crippen molar-refractivity contribution in [3.63, 3.8) is 0 Å². The van der Waals surface area contributed by atoms with E-state index >= 15 is 0 Å². The summed E-state index contributed by atoms with van der Waals surface area (Å²) < 4.78 is 38.7. The fourth-order valence-electron chi connectivity index (χ4n) is 4.52. The maximum absolute atomic E-state index is 13.8. The first-order valence-electron chi connectivity index (χ1n) is 11.9. The number of rotatable bonds is 7. The number of hydrogen-bond donors (Lipinski definition) is 2. The molecule has 1 heterocycles. The van der Waals surface area contributed by atoms with Crippen molar-refractivity contribution in [1.29, 1.82) is 0 Å². The average Bonchev–Trinajstić information content (AvgIpc) is 3.35. The van der Waals surface area contributed by atoms with E-state index in [1.807, 2.05) is 30.3 Å². The van der Waals surface area contributed by atoms with Gasteiger partial charge in [-0.3, -0.25) is 10.1 Å². The summed E-state index contributed by atoms with van der Waals surface area (Å²) in [5, 5.41) is 16.1. The number of amides is 1. The summed E-state index contributed by atoms with van der Waals surface area (Å²) in [7, 11) is 0. The van der Waals surface area contributed by atoms with Crippen LogP contribution in [0.3, 0.4) is 0 Å². The van der Waals surface area contributed by atoms with Gasteiger partial charge in [0.05, 0.1) is 0 Å². The number of halogens is 2. The molecule has 2 N–H and O–H groups in total. The molecule has 0 saturated heterocycles. The molecule has 38 heavy (non-hydrogen) atoms. The van der Waals surface area contributed by atoms with Crippen LogP contribution in [0.4, 0.5) is 19.3 Å². The fourth-order valence-corrected chi connectivity index (χ4v) is 4.52. The van der Waals surface area contributed by atoms with Crippen molar-refractivity contribution in [3.05, 3.63) is 95.7 Å². The third kappa shape index (κ3) is 4.40. The number of carbonyl (C=O) groups excluding carboxylic acids is 1. The first-order chi connectivity index (χ1) is 18.1. The van der Waals surface area contributed by atoms with Crippen LogP contribution in [0.15, 0.2) is 83.4 Å². The zero-order valence-electron chi connectivity index (χ0n) is 20.6.